The summed E-state index contributed by atoms with van der Waals surface area (Å²) in [6.07, 6.45) is 0. The molecule has 14 heavy (non-hydrogen) atoms. The van der Waals surface area contributed by atoms with Gasteiger partial charge in [-0.15, -0.1) is 23.5 Å². The van der Waals surface area contributed by atoms with Gasteiger partial charge in [-0.2, -0.15) is 10.5 Å². The highest BCUT2D eigenvalue weighted by molar-refractivity contribution is 8.07. The molecule has 0 saturated heterocycles. The Bertz CT molecular complexity index is 250. The lowest BCUT2D eigenvalue weighted by atomic mass is 10.5. The van der Waals surface area contributed by atoms with Crippen molar-refractivity contribution in [2.45, 2.75) is 0 Å². The van der Waals surface area contributed by atoms with Gasteiger partial charge in [-0.3, -0.25) is 0 Å². The molecule has 0 spiro atoms. The molecule has 0 rings (SSSR count). The molecule has 0 aliphatic carbocycles. The number of rotatable bonds is 6. The topological polar surface area (TPSA) is 88.0 Å². The summed E-state index contributed by atoms with van der Waals surface area (Å²) in [6, 6.07) is 3.81. The number of hydrogen-bond donors (Lipinski definition) is 2. The van der Waals surface area contributed by atoms with Crippen molar-refractivity contribution < 1.29 is 10.2 Å². The second kappa shape index (κ2) is 8.92. The van der Waals surface area contributed by atoms with E-state index in [2.05, 4.69) is 0 Å². The van der Waals surface area contributed by atoms with Crippen molar-refractivity contribution in [1.29, 1.82) is 10.5 Å². The molecule has 0 atom stereocenters. The minimum absolute atomic E-state index is 0.0285. The van der Waals surface area contributed by atoms with Crippen molar-refractivity contribution in [2.75, 3.05) is 24.7 Å². The molecule has 0 saturated carbocycles. The third kappa shape index (κ3) is 5.15. The maximum Gasteiger partial charge on any atom is 0.109 e. The average molecular weight is 230 g/mol. The smallest absolute Gasteiger partial charge is 0.109 e. The SMILES string of the molecule is N#CC(SCCO)=C(C#N)SCCO. The second-order valence-electron chi connectivity index (χ2n) is 2.03. The number of thioether (sulfide) groups is 2. The molecule has 0 aliphatic rings. The van der Waals surface area contributed by atoms with Gasteiger partial charge >= 0.3 is 0 Å². The minimum atomic E-state index is -0.0285. The summed E-state index contributed by atoms with van der Waals surface area (Å²) in [5.74, 6) is 0.793. The van der Waals surface area contributed by atoms with Crippen molar-refractivity contribution in [3.05, 3.63) is 9.81 Å². The molecule has 0 amide bonds. The highest BCUT2D eigenvalue weighted by Gasteiger charge is 2.06. The van der Waals surface area contributed by atoms with E-state index < -0.39 is 0 Å². The Morgan fingerprint density at radius 3 is 1.50 bits per heavy atom. The van der Waals surface area contributed by atoms with E-state index in [1.54, 1.807) is 0 Å². The maximum absolute atomic E-state index is 8.72. The van der Waals surface area contributed by atoms with Crippen molar-refractivity contribution in [3.8, 4) is 12.1 Å². The molecular weight excluding hydrogens is 220 g/mol. The fraction of sp³-hybridized carbons (Fsp3) is 0.500. The Labute approximate surface area is 91.2 Å². The summed E-state index contributed by atoms with van der Waals surface area (Å²) in [4.78, 5) is 0.611. The standard InChI is InChI=1S/C8H10N2O2S2/c9-5-7(13-3-1-11)8(6-10)14-4-2-12/h11-12H,1-4H2. The first kappa shape index (κ1) is 13.3. The molecule has 76 valence electrons. The molecule has 0 aromatic heterocycles. The lowest BCUT2D eigenvalue weighted by molar-refractivity contribution is 0.322. The van der Waals surface area contributed by atoms with Crippen LogP contribution in [0.3, 0.4) is 0 Å². The van der Waals surface area contributed by atoms with Crippen molar-refractivity contribution in [1.82, 2.24) is 0 Å². The van der Waals surface area contributed by atoms with E-state index in [4.69, 9.17) is 20.7 Å². The lowest BCUT2D eigenvalue weighted by Crippen LogP contribution is -1.91. The van der Waals surface area contributed by atoms with E-state index in [-0.39, 0.29) is 13.2 Å². The molecule has 0 radical (unpaired) electrons. The first-order valence-electron chi connectivity index (χ1n) is 3.82. The van der Waals surface area contributed by atoms with Crippen LogP contribution in [0.25, 0.3) is 0 Å². The molecule has 0 bridgehead atoms. The molecule has 0 heterocycles. The fourth-order valence-corrected chi connectivity index (χ4v) is 2.02. The zero-order valence-corrected chi connectivity index (χ0v) is 9.07. The van der Waals surface area contributed by atoms with Crippen LogP contribution in [-0.4, -0.2) is 34.9 Å². The summed E-state index contributed by atoms with van der Waals surface area (Å²) in [5.41, 5.74) is 0. The Morgan fingerprint density at radius 1 is 0.929 bits per heavy atom. The first-order valence-corrected chi connectivity index (χ1v) is 5.79. The summed E-state index contributed by atoms with van der Waals surface area (Å²) >= 11 is 2.30. The fourth-order valence-electron chi connectivity index (χ4n) is 0.593. The van der Waals surface area contributed by atoms with Crippen LogP contribution in [0.5, 0.6) is 0 Å². The predicted octanol–water partition coefficient (Wildman–Crippen LogP) is 0.696. The highest BCUT2D eigenvalue weighted by Crippen LogP contribution is 2.26. The Balaban J connectivity index is 4.43. The van der Waals surface area contributed by atoms with Crippen LogP contribution in [0.1, 0.15) is 0 Å². The van der Waals surface area contributed by atoms with E-state index in [9.17, 15) is 0 Å². The maximum atomic E-state index is 8.72. The largest absolute Gasteiger partial charge is 0.396 e. The van der Waals surface area contributed by atoms with Crippen molar-refractivity contribution >= 4 is 23.5 Å². The van der Waals surface area contributed by atoms with E-state index in [0.29, 0.717) is 21.3 Å². The van der Waals surface area contributed by atoms with E-state index in [1.165, 1.54) is 0 Å². The van der Waals surface area contributed by atoms with Gasteiger partial charge < -0.3 is 10.2 Å². The third-order valence-electron chi connectivity index (χ3n) is 1.08. The zero-order valence-electron chi connectivity index (χ0n) is 7.43. The minimum Gasteiger partial charge on any atom is -0.396 e. The molecule has 0 aromatic carbocycles. The third-order valence-corrected chi connectivity index (χ3v) is 3.16. The van der Waals surface area contributed by atoms with Crippen molar-refractivity contribution in [3.63, 3.8) is 0 Å². The van der Waals surface area contributed by atoms with Gasteiger partial charge in [-0.05, 0) is 0 Å². The van der Waals surface area contributed by atoms with Gasteiger partial charge in [0, 0.05) is 11.5 Å². The first-order chi connectivity index (χ1) is 6.79. The highest BCUT2D eigenvalue weighted by atomic mass is 32.2. The van der Waals surface area contributed by atoms with E-state index >= 15 is 0 Å². The summed E-state index contributed by atoms with van der Waals surface area (Å²) in [5, 5.41) is 34.5. The lowest BCUT2D eigenvalue weighted by Gasteiger charge is -2.00. The van der Waals surface area contributed by atoms with Gasteiger partial charge in [-0.25, -0.2) is 0 Å². The normalized spacial score (nSPS) is 11.4. The molecule has 0 aromatic rings. The van der Waals surface area contributed by atoms with Gasteiger partial charge in [-0.1, -0.05) is 0 Å². The predicted molar refractivity (Wildman–Crippen MR) is 57.3 cm³/mol. The molecule has 2 N–H and O–H groups in total. The van der Waals surface area contributed by atoms with Crippen LogP contribution in [-0.2, 0) is 0 Å². The number of allylic oxidation sites excluding steroid dienone is 2. The monoisotopic (exact) mass is 230 g/mol. The van der Waals surface area contributed by atoms with Crippen LogP contribution in [0.2, 0.25) is 0 Å². The Hall–Kier alpha value is -0.660. The van der Waals surface area contributed by atoms with Crippen molar-refractivity contribution in [2.24, 2.45) is 0 Å². The van der Waals surface area contributed by atoms with Crippen LogP contribution in [0.4, 0.5) is 0 Å². The zero-order chi connectivity index (χ0) is 10.8. The van der Waals surface area contributed by atoms with Crippen LogP contribution < -0.4 is 0 Å². The number of aliphatic hydroxyl groups is 2. The van der Waals surface area contributed by atoms with Crippen LogP contribution in [0, 0.1) is 22.7 Å². The quantitative estimate of drug-likeness (QED) is 0.653. The van der Waals surface area contributed by atoms with Gasteiger partial charge in [0.05, 0.1) is 13.2 Å². The molecular formula is C8H10N2O2S2. The molecule has 6 heteroatoms. The second-order valence-corrected chi connectivity index (χ2v) is 4.24. The van der Waals surface area contributed by atoms with Crippen LogP contribution >= 0.6 is 23.5 Å². The Morgan fingerprint density at radius 2 is 1.29 bits per heavy atom. The molecule has 0 unspecified atom stereocenters. The van der Waals surface area contributed by atoms with Gasteiger partial charge in [0.25, 0.3) is 0 Å². The van der Waals surface area contributed by atoms with Gasteiger partial charge in [0.15, 0.2) is 0 Å². The van der Waals surface area contributed by atoms with Gasteiger partial charge in [0.2, 0.25) is 0 Å². The average Bonchev–Trinajstić information content (AvgIpc) is 2.23. The molecule has 4 nitrogen and oxygen atoms in total. The summed E-state index contributed by atoms with van der Waals surface area (Å²) in [7, 11) is 0. The number of aliphatic hydroxyl groups excluding tert-OH is 2. The summed E-state index contributed by atoms with van der Waals surface area (Å²) in [6.45, 7) is -0.0571. The number of nitrogens with zero attached hydrogens (tertiary/aromatic N) is 2. The van der Waals surface area contributed by atoms with Gasteiger partial charge in [0.1, 0.15) is 21.9 Å². The van der Waals surface area contributed by atoms with Crippen LogP contribution in [0.15, 0.2) is 9.81 Å². The molecule has 0 aliphatic heterocycles. The Kier molecular flexibility index (Phi) is 8.50. The van der Waals surface area contributed by atoms with E-state index in [1.807, 2.05) is 12.1 Å². The molecule has 0 fully saturated rings. The van der Waals surface area contributed by atoms with E-state index in [0.717, 1.165) is 23.5 Å². The number of nitriles is 2. The summed E-state index contributed by atoms with van der Waals surface area (Å²) < 4.78 is 0. The number of hydrogen-bond acceptors (Lipinski definition) is 6.